The zero-order chi connectivity index (χ0) is 35.0. The normalized spacial score (nSPS) is 16.1. The van der Waals surface area contributed by atoms with Gasteiger partial charge in [0.05, 0.1) is 0 Å². The zero-order valence-corrected chi connectivity index (χ0v) is 29.0. The van der Waals surface area contributed by atoms with Crippen LogP contribution in [0.2, 0.25) is 0 Å². The summed E-state index contributed by atoms with van der Waals surface area (Å²) >= 11 is 0. The number of ether oxygens (including phenoxy) is 1. The molecule has 0 unspecified atom stereocenters. The number of hydrogen-bond donors (Lipinski definition) is 0. The number of rotatable bonds is 10. The van der Waals surface area contributed by atoms with Crippen molar-refractivity contribution >= 4 is 22.9 Å². The van der Waals surface area contributed by atoms with E-state index in [9.17, 15) is 18.4 Å². The van der Waals surface area contributed by atoms with Crippen molar-refractivity contribution in [3.63, 3.8) is 0 Å². The van der Waals surface area contributed by atoms with Crippen molar-refractivity contribution in [2.75, 3.05) is 75.2 Å². The van der Waals surface area contributed by atoms with E-state index >= 15 is 0 Å². The lowest BCUT2D eigenvalue weighted by Gasteiger charge is -2.36. The van der Waals surface area contributed by atoms with Gasteiger partial charge in [-0.25, -0.2) is 8.78 Å². The van der Waals surface area contributed by atoms with Crippen LogP contribution in [0, 0.1) is 11.6 Å². The molecule has 2 fully saturated rings. The van der Waals surface area contributed by atoms with Gasteiger partial charge in [-0.3, -0.25) is 19.4 Å². The van der Waals surface area contributed by atoms with Gasteiger partial charge in [-0.2, -0.15) is 0 Å². The number of Topliss-reactive ketones (excluding diaryl/α,β-unsaturated/α-hetero) is 2. The van der Waals surface area contributed by atoms with E-state index in [2.05, 4.69) is 19.6 Å². The molecule has 3 aliphatic rings. The number of fused-ring (bicyclic) bond motifs is 2. The molecule has 2 saturated heterocycles. The van der Waals surface area contributed by atoms with Crippen LogP contribution in [-0.2, 0) is 6.42 Å². The fraction of sp³-hybridized carbons (Fsp3) is 0.366. The molecule has 3 heterocycles. The van der Waals surface area contributed by atoms with Crippen LogP contribution in [-0.4, -0.2) is 86.8 Å². The second-order valence-electron chi connectivity index (χ2n) is 12.9. The molecule has 0 radical (unpaired) electrons. The maximum atomic E-state index is 13.3. The first-order chi connectivity index (χ1) is 24.4. The quantitative estimate of drug-likeness (QED) is 0.142. The topological polar surface area (TPSA) is 56.3 Å². The van der Waals surface area contributed by atoms with Crippen molar-refractivity contribution in [3.8, 4) is 11.5 Å². The molecule has 0 atom stereocenters. The fourth-order valence-electron chi connectivity index (χ4n) is 6.88. The number of ketones is 2. The number of halogens is 2. The first-order valence-corrected chi connectivity index (χ1v) is 17.8. The Bertz CT molecular complexity index is 1640. The summed E-state index contributed by atoms with van der Waals surface area (Å²) in [6, 6.07) is 24.5. The summed E-state index contributed by atoms with van der Waals surface area (Å²) in [7, 11) is 0. The summed E-state index contributed by atoms with van der Waals surface area (Å²) < 4.78 is 32.7. The Labute approximate surface area is 294 Å². The molecule has 50 heavy (non-hydrogen) atoms. The van der Waals surface area contributed by atoms with Crippen molar-refractivity contribution in [2.45, 2.75) is 33.1 Å². The SMILES string of the molecule is CC.O=C(CCN1CCN(c2ccc(F)cc2)CC1)c1ccc2c(c1)Cc1cc(C(=O)CCN3CCN(c4ccc(F)cc4)CC3)ccc1O2. The fourth-order valence-corrected chi connectivity index (χ4v) is 6.88. The molecule has 262 valence electrons. The maximum Gasteiger partial charge on any atom is 0.164 e. The van der Waals surface area contributed by atoms with Crippen molar-refractivity contribution < 1.29 is 23.1 Å². The van der Waals surface area contributed by atoms with Gasteiger partial charge in [0.2, 0.25) is 0 Å². The van der Waals surface area contributed by atoms with Crippen molar-refractivity contribution in [3.05, 3.63) is 119 Å². The van der Waals surface area contributed by atoms with Crippen molar-refractivity contribution in [1.82, 2.24) is 9.80 Å². The van der Waals surface area contributed by atoms with Crippen LogP contribution in [0.3, 0.4) is 0 Å². The lowest BCUT2D eigenvalue weighted by atomic mass is 9.94. The van der Waals surface area contributed by atoms with E-state index in [1.165, 1.54) is 24.3 Å². The summed E-state index contributed by atoms with van der Waals surface area (Å²) in [5, 5.41) is 0. The lowest BCUT2D eigenvalue weighted by molar-refractivity contribution is 0.0954. The predicted octanol–water partition coefficient (Wildman–Crippen LogP) is 7.48. The smallest absolute Gasteiger partial charge is 0.164 e. The molecule has 3 aliphatic heterocycles. The van der Waals surface area contributed by atoms with E-state index in [1.54, 1.807) is 0 Å². The molecule has 7 nitrogen and oxygen atoms in total. The van der Waals surface area contributed by atoms with Gasteiger partial charge in [0.15, 0.2) is 11.6 Å². The number of benzene rings is 4. The van der Waals surface area contributed by atoms with Crippen molar-refractivity contribution in [2.24, 2.45) is 0 Å². The standard InChI is InChI=1S/C39H40F2N4O3.C2H6/c40-32-3-7-34(8-4-32)44-21-17-42(18-22-44)15-13-36(46)28-1-11-38-30(25-28)27-31-26-29(2-12-39(31)48-38)37(47)14-16-43-19-23-45(24-20-43)35-9-5-33(41)6-10-35;1-2/h1-12,25-26H,13-24,27H2;1-2H3. The summed E-state index contributed by atoms with van der Waals surface area (Å²) in [5.74, 6) is 1.24. The largest absolute Gasteiger partial charge is 0.457 e. The highest BCUT2D eigenvalue weighted by Gasteiger charge is 2.23. The van der Waals surface area contributed by atoms with E-state index in [1.807, 2.05) is 74.5 Å². The Balaban J connectivity index is 0.00000212. The maximum absolute atomic E-state index is 13.3. The number of carbonyl (C=O) groups is 2. The van der Waals surface area contributed by atoms with E-state index in [0.29, 0.717) is 43.5 Å². The van der Waals surface area contributed by atoms with Crippen LogP contribution in [0.1, 0.15) is 58.5 Å². The Hall–Kier alpha value is -4.60. The average Bonchev–Trinajstić information content (AvgIpc) is 3.16. The predicted molar refractivity (Wildman–Crippen MR) is 195 cm³/mol. The second kappa shape index (κ2) is 16.4. The van der Waals surface area contributed by atoms with Gasteiger partial charge in [0.25, 0.3) is 0 Å². The number of piperazine rings is 2. The van der Waals surface area contributed by atoms with Crippen LogP contribution < -0.4 is 14.5 Å². The van der Waals surface area contributed by atoms with Crippen LogP contribution in [0.15, 0.2) is 84.9 Å². The summed E-state index contributed by atoms with van der Waals surface area (Å²) in [4.78, 5) is 35.5. The lowest BCUT2D eigenvalue weighted by Crippen LogP contribution is -2.46. The third-order valence-electron chi connectivity index (χ3n) is 9.80. The average molecular weight is 681 g/mol. The minimum Gasteiger partial charge on any atom is -0.457 e. The van der Waals surface area contributed by atoms with Gasteiger partial charge in [-0.1, -0.05) is 13.8 Å². The molecule has 0 bridgehead atoms. The molecule has 0 N–H and O–H groups in total. The van der Waals surface area contributed by atoms with Gasteiger partial charge in [0, 0.05) is 118 Å². The molecule has 0 saturated carbocycles. The van der Waals surface area contributed by atoms with E-state index in [4.69, 9.17) is 4.74 Å². The summed E-state index contributed by atoms with van der Waals surface area (Å²) in [6.45, 7) is 12.2. The molecule has 7 rings (SSSR count). The second-order valence-corrected chi connectivity index (χ2v) is 12.9. The van der Waals surface area contributed by atoms with Crippen LogP contribution >= 0.6 is 0 Å². The Morgan fingerprint density at radius 3 is 1.32 bits per heavy atom. The molecule has 0 spiro atoms. The Kier molecular flexibility index (Phi) is 11.6. The molecular formula is C41H46F2N4O3. The van der Waals surface area contributed by atoms with Crippen molar-refractivity contribution in [1.29, 1.82) is 0 Å². The van der Waals surface area contributed by atoms with E-state index in [-0.39, 0.29) is 23.2 Å². The summed E-state index contributed by atoms with van der Waals surface area (Å²) in [6.07, 6.45) is 1.48. The number of nitrogens with zero attached hydrogens (tertiary/aromatic N) is 4. The zero-order valence-electron chi connectivity index (χ0n) is 29.0. The Morgan fingerprint density at radius 1 is 0.560 bits per heavy atom. The first kappa shape index (κ1) is 35.2. The minimum absolute atomic E-state index is 0.104. The molecule has 9 heteroatoms. The first-order valence-electron chi connectivity index (χ1n) is 17.8. The number of anilines is 2. The van der Waals surface area contributed by atoms with Gasteiger partial charge in [-0.05, 0) is 84.9 Å². The highest BCUT2D eigenvalue weighted by Crippen LogP contribution is 2.37. The molecule has 4 aromatic rings. The third-order valence-corrected chi connectivity index (χ3v) is 9.80. The Morgan fingerprint density at radius 2 is 0.940 bits per heavy atom. The monoisotopic (exact) mass is 680 g/mol. The number of carbonyl (C=O) groups excluding carboxylic acids is 2. The minimum atomic E-state index is -0.230. The van der Waals surface area contributed by atoms with Crippen LogP contribution in [0.25, 0.3) is 0 Å². The van der Waals surface area contributed by atoms with E-state index in [0.717, 1.165) is 86.4 Å². The van der Waals surface area contributed by atoms with Gasteiger partial charge in [-0.15, -0.1) is 0 Å². The van der Waals surface area contributed by atoms with Crippen LogP contribution in [0.5, 0.6) is 11.5 Å². The van der Waals surface area contributed by atoms with Gasteiger partial charge >= 0.3 is 0 Å². The molecule has 0 aliphatic carbocycles. The highest BCUT2D eigenvalue weighted by molar-refractivity contribution is 5.97. The van der Waals surface area contributed by atoms with Gasteiger partial charge < -0.3 is 14.5 Å². The molecular weight excluding hydrogens is 634 g/mol. The van der Waals surface area contributed by atoms with Crippen LogP contribution in [0.4, 0.5) is 20.2 Å². The van der Waals surface area contributed by atoms with E-state index < -0.39 is 0 Å². The highest BCUT2D eigenvalue weighted by atomic mass is 19.1. The molecule has 4 aromatic carbocycles. The number of hydrogen-bond acceptors (Lipinski definition) is 7. The third kappa shape index (κ3) is 8.57. The molecule has 0 aromatic heterocycles. The summed E-state index contributed by atoms with van der Waals surface area (Å²) in [5.41, 5.74) is 5.30. The molecule has 0 amide bonds. The van der Waals surface area contributed by atoms with Gasteiger partial charge in [0.1, 0.15) is 23.1 Å².